The Bertz CT molecular complexity index is 263. The van der Waals surface area contributed by atoms with Gasteiger partial charge < -0.3 is 10.5 Å². The zero-order valence-corrected chi connectivity index (χ0v) is 8.80. The molecule has 0 amide bonds. The minimum absolute atomic E-state index is 0.233. The highest BCUT2D eigenvalue weighted by atomic mass is 32.2. The number of thioether (sulfide) groups is 1. The first-order valence-corrected chi connectivity index (χ1v) is 5.23. The molecule has 0 aromatic heterocycles. The van der Waals surface area contributed by atoms with Gasteiger partial charge in [-0.1, -0.05) is 6.07 Å². The predicted molar refractivity (Wildman–Crippen MR) is 57.4 cm³/mol. The van der Waals surface area contributed by atoms with Crippen LogP contribution in [-0.2, 0) is 0 Å². The maximum Gasteiger partial charge on any atom is 0.119 e. The van der Waals surface area contributed by atoms with Crippen LogP contribution in [0.5, 0.6) is 5.75 Å². The highest BCUT2D eigenvalue weighted by Crippen LogP contribution is 2.22. The average Bonchev–Trinajstić information content (AvgIpc) is 2.15. The van der Waals surface area contributed by atoms with E-state index in [0.717, 1.165) is 11.5 Å². The van der Waals surface area contributed by atoms with E-state index in [9.17, 15) is 0 Å². The summed E-state index contributed by atoms with van der Waals surface area (Å²) < 4.78 is 5.12. The molecule has 0 unspecified atom stereocenters. The van der Waals surface area contributed by atoms with Crippen molar-refractivity contribution in [2.45, 2.75) is 17.9 Å². The van der Waals surface area contributed by atoms with Gasteiger partial charge in [0.15, 0.2) is 0 Å². The molecule has 1 aromatic rings. The van der Waals surface area contributed by atoms with Gasteiger partial charge in [0.25, 0.3) is 0 Å². The van der Waals surface area contributed by atoms with Crippen LogP contribution in [0.1, 0.15) is 6.92 Å². The van der Waals surface area contributed by atoms with Gasteiger partial charge in [0.05, 0.1) is 7.11 Å². The smallest absolute Gasteiger partial charge is 0.119 e. The van der Waals surface area contributed by atoms with E-state index < -0.39 is 0 Å². The van der Waals surface area contributed by atoms with Gasteiger partial charge in [-0.2, -0.15) is 0 Å². The van der Waals surface area contributed by atoms with Gasteiger partial charge in [0.2, 0.25) is 0 Å². The molecule has 72 valence electrons. The molecule has 1 rings (SSSR count). The van der Waals surface area contributed by atoms with Gasteiger partial charge in [-0.05, 0) is 25.1 Å². The topological polar surface area (TPSA) is 35.2 Å². The van der Waals surface area contributed by atoms with E-state index in [-0.39, 0.29) is 6.04 Å². The van der Waals surface area contributed by atoms with Gasteiger partial charge in [-0.3, -0.25) is 0 Å². The summed E-state index contributed by atoms with van der Waals surface area (Å²) in [5, 5.41) is 0. The molecule has 13 heavy (non-hydrogen) atoms. The number of methoxy groups -OCH3 is 1. The number of hydrogen-bond acceptors (Lipinski definition) is 3. The Morgan fingerprint density at radius 2 is 2.31 bits per heavy atom. The van der Waals surface area contributed by atoms with Crippen LogP contribution in [0.2, 0.25) is 0 Å². The zero-order chi connectivity index (χ0) is 9.68. The molecule has 0 aliphatic heterocycles. The van der Waals surface area contributed by atoms with Crippen molar-refractivity contribution in [3.05, 3.63) is 24.3 Å². The highest BCUT2D eigenvalue weighted by Gasteiger charge is 1.98. The van der Waals surface area contributed by atoms with Crippen molar-refractivity contribution in [1.82, 2.24) is 0 Å². The molecule has 0 heterocycles. The Morgan fingerprint density at radius 3 is 2.92 bits per heavy atom. The monoisotopic (exact) mass is 197 g/mol. The molecule has 1 aromatic carbocycles. The van der Waals surface area contributed by atoms with Crippen molar-refractivity contribution in [3.63, 3.8) is 0 Å². The molecule has 2 nitrogen and oxygen atoms in total. The van der Waals surface area contributed by atoms with E-state index in [0.29, 0.717) is 0 Å². The van der Waals surface area contributed by atoms with Crippen molar-refractivity contribution in [2.75, 3.05) is 12.9 Å². The Balaban J connectivity index is 2.56. The van der Waals surface area contributed by atoms with Gasteiger partial charge in [-0.25, -0.2) is 0 Å². The largest absolute Gasteiger partial charge is 0.497 e. The third-order valence-electron chi connectivity index (χ3n) is 1.55. The van der Waals surface area contributed by atoms with Gasteiger partial charge >= 0.3 is 0 Å². The third-order valence-corrected chi connectivity index (χ3v) is 2.83. The fourth-order valence-corrected chi connectivity index (χ4v) is 1.75. The molecule has 0 saturated heterocycles. The van der Waals surface area contributed by atoms with Crippen molar-refractivity contribution in [3.8, 4) is 5.75 Å². The summed E-state index contributed by atoms with van der Waals surface area (Å²) in [5.74, 6) is 1.84. The molecule has 2 N–H and O–H groups in total. The minimum Gasteiger partial charge on any atom is -0.497 e. The van der Waals surface area contributed by atoms with Crippen LogP contribution in [0.3, 0.4) is 0 Å². The normalized spacial score (nSPS) is 12.5. The van der Waals surface area contributed by atoms with Gasteiger partial charge in [0, 0.05) is 16.7 Å². The number of nitrogens with two attached hydrogens (primary N) is 1. The van der Waals surface area contributed by atoms with Crippen LogP contribution in [-0.4, -0.2) is 18.9 Å². The number of ether oxygens (including phenoxy) is 1. The van der Waals surface area contributed by atoms with E-state index in [1.54, 1.807) is 18.9 Å². The molecular weight excluding hydrogens is 182 g/mol. The number of rotatable bonds is 4. The van der Waals surface area contributed by atoms with Crippen LogP contribution in [0.25, 0.3) is 0 Å². The first-order valence-electron chi connectivity index (χ1n) is 4.25. The quantitative estimate of drug-likeness (QED) is 0.751. The van der Waals surface area contributed by atoms with Crippen LogP contribution < -0.4 is 10.5 Å². The Labute approximate surface area is 83.5 Å². The van der Waals surface area contributed by atoms with Crippen LogP contribution >= 0.6 is 11.8 Å². The average molecular weight is 197 g/mol. The van der Waals surface area contributed by atoms with Crippen LogP contribution in [0, 0.1) is 0 Å². The standard InChI is InChI=1S/C10H15NOS/c1-8(11)7-13-10-5-3-4-9(6-10)12-2/h3-6,8H,7,11H2,1-2H3/t8-/m1/s1. The number of benzene rings is 1. The second kappa shape index (κ2) is 5.14. The highest BCUT2D eigenvalue weighted by molar-refractivity contribution is 7.99. The summed E-state index contributed by atoms with van der Waals surface area (Å²) in [5.41, 5.74) is 5.66. The number of hydrogen-bond donors (Lipinski definition) is 1. The van der Waals surface area contributed by atoms with E-state index in [1.807, 2.05) is 25.1 Å². The molecule has 3 heteroatoms. The van der Waals surface area contributed by atoms with Crippen molar-refractivity contribution in [1.29, 1.82) is 0 Å². The Morgan fingerprint density at radius 1 is 1.54 bits per heavy atom. The summed E-state index contributed by atoms with van der Waals surface area (Å²) in [6.45, 7) is 2.01. The lowest BCUT2D eigenvalue weighted by molar-refractivity contribution is 0.413. The van der Waals surface area contributed by atoms with E-state index in [2.05, 4.69) is 6.07 Å². The Kier molecular flexibility index (Phi) is 4.12. The SMILES string of the molecule is COc1cccc(SC[C@@H](C)N)c1. The van der Waals surface area contributed by atoms with Crippen molar-refractivity contribution < 1.29 is 4.74 Å². The van der Waals surface area contributed by atoms with E-state index in [4.69, 9.17) is 10.5 Å². The Hall–Kier alpha value is -0.670. The molecule has 0 aliphatic carbocycles. The van der Waals surface area contributed by atoms with Gasteiger partial charge in [-0.15, -0.1) is 11.8 Å². The van der Waals surface area contributed by atoms with E-state index >= 15 is 0 Å². The molecule has 0 radical (unpaired) electrons. The summed E-state index contributed by atoms with van der Waals surface area (Å²) in [7, 11) is 1.68. The predicted octanol–water partition coefficient (Wildman–Crippen LogP) is 2.13. The molecule has 0 aliphatic rings. The molecule has 0 spiro atoms. The molecular formula is C10H15NOS. The third kappa shape index (κ3) is 3.70. The maximum atomic E-state index is 5.66. The summed E-state index contributed by atoms with van der Waals surface area (Å²) in [4.78, 5) is 1.21. The van der Waals surface area contributed by atoms with Crippen LogP contribution in [0.4, 0.5) is 0 Å². The van der Waals surface area contributed by atoms with E-state index in [1.165, 1.54) is 4.90 Å². The fourth-order valence-electron chi connectivity index (χ4n) is 0.919. The van der Waals surface area contributed by atoms with Crippen molar-refractivity contribution >= 4 is 11.8 Å². The van der Waals surface area contributed by atoms with Gasteiger partial charge in [0.1, 0.15) is 5.75 Å². The second-order valence-corrected chi connectivity index (χ2v) is 4.06. The molecule has 0 bridgehead atoms. The second-order valence-electron chi connectivity index (χ2n) is 2.97. The van der Waals surface area contributed by atoms with Crippen LogP contribution in [0.15, 0.2) is 29.2 Å². The lowest BCUT2D eigenvalue weighted by atomic mass is 10.3. The summed E-state index contributed by atoms with van der Waals surface area (Å²) in [6.07, 6.45) is 0. The lowest BCUT2D eigenvalue weighted by Crippen LogP contribution is -2.17. The van der Waals surface area contributed by atoms with Crippen molar-refractivity contribution in [2.24, 2.45) is 5.73 Å². The molecule has 1 atom stereocenters. The fraction of sp³-hybridized carbons (Fsp3) is 0.400. The first kappa shape index (κ1) is 10.4. The zero-order valence-electron chi connectivity index (χ0n) is 7.99. The first-order chi connectivity index (χ1) is 6.22. The summed E-state index contributed by atoms with van der Waals surface area (Å²) in [6, 6.07) is 8.25. The summed E-state index contributed by atoms with van der Waals surface area (Å²) >= 11 is 1.75. The maximum absolute atomic E-state index is 5.66. The molecule has 0 saturated carbocycles. The lowest BCUT2D eigenvalue weighted by Gasteiger charge is -2.05. The molecule has 0 fully saturated rings. The minimum atomic E-state index is 0.233.